The van der Waals surface area contributed by atoms with Gasteiger partial charge in [-0.3, -0.25) is 4.79 Å². The van der Waals surface area contributed by atoms with Crippen LogP contribution in [-0.4, -0.2) is 50.3 Å². The third-order valence-electron chi connectivity index (χ3n) is 5.84. The minimum atomic E-state index is 0.0312. The number of carbonyl (C=O) groups excluding carboxylic acids is 1. The van der Waals surface area contributed by atoms with Crippen molar-refractivity contribution in [3.05, 3.63) is 59.7 Å². The first-order chi connectivity index (χ1) is 13.7. The molecule has 1 fully saturated rings. The summed E-state index contributed by atoms with van der Waals surface area (Å²) in [5.41, 5.74) is 3.74. The van der Waals surface area contributed by atoms with E-state index in [-0.39, 0.29) is 11.9 Å². The zero-order valence-corrected chi connectivity index (χ0v) is 16.6. The molecule has 5 nitrogen and oxygen atoms in total. The van der Waals surface area contributed by atoms with Crippen molar-refractivity contribution in [2.45, 2.75) is 31.8 Å². The first-order valence-corrected chi connectivity index (χ1v) is 10.0. The van der Waals surface area contributed by atoms with Gasteiger partial charge in [0, 0.05) is 24.8 Å². The second kappa shape index (κ2) is 8.23. The van der Waals surface area contributed by atoms with E-state index in [1.807, 2.05) is 17.0 Å². The van der Waals surface area contributed by atoms with Gasteiger partial charge in [-0.25, -0.2) is 0 Å². The molecule has 2 aliphatic heterocycles. The van der Waals surface area contributed by atoms with Crippen molar-refractivity contribution in [2.75, 3.05) is 38.3 Å². The summed E-state index contributed by atoms with van der Waals surface area (Å²) in [7, 11) is 1.68. The van der Waals surface area contributed by atoms with Gasteiger partial charge in [-0.15, -0.1) is 0 Å². The zero-order valence-electron chi connectivity index (χ0n) is 16.6. The van der Waals surface area contributed by atoms with Gasteiger partial charge in [-0.05, 0) is 48.7 Å². The summed E-state index contributed by atoms with van der Waals surface area (Å²) in [4.78, 5) is 17.4. The maximum absolute atomic E-state index is 13.1. The Morgan fingerprint density at radius 1 is 1.11 bits per heavy atom. The van der Waals surface area contributed by atoms with Crippen molar-refractivity contribution in [1.29, 1.82) is 0 Å². The average Bonchev–Trinajstić information content (AvgIpc) is 2.74. The molecule has 5 heteroatoms. The maximum atomic E-state index is 13.1. The summed E-state index contributed by atoms with van der Waals surface area (Å²) in [6.45, 7) is 4.88. The fourth-order valence-electron chi connectivity index (χ4n) is 4.42. The normalized spacial score (nSPS) is 21.9. The van der Waals surface area contributed by atoms with Crippen LogP contribution in [0, 0.1) is 0 Å². The van der Waals surface area contributed by atoms with Crippen LogP contribution in [0.3, 0.4) is 0 Å². The summed E-state index contributed by atoms with van der Waals surface area (Å²) in [6.07, 6.45) is 1.46. The molecule has 0 N–H and O–H groups in total. The fraction of sp³-hybridized carbons (Fsp3) is 0.435. The van der Waals surface area contributed by atoms with Crippen LogP contribution in [0.4, 0.5) is 5.69 Å². The lowest BCUT2D eigenvalue weighted by atomic mass is 9.86. The number of amides is 1. The summed E-state index contributed by atoms with van der Waals surface area (Å²) in [5, 5.41) is 0. The highest BCUT2D eigenvalue weighted by Gasteiger charge is 2.34. The molecule has 4 rings (SSSR count). The van der Waals surface area contributed by atoms with Gasteiger partial charge in [0.2, 0.25) is 5.91 Å². The zero-order chi connectivity index (χ0) is 19.5. The Hall–Kier alpha value is -2.53. The van der Waals surface area contributed by atoms with Crippen LogP contribution in [0.15, 0.2) is 48.5 Å². The molecule has 0 aliphatic carbocycles. The van der Waals surface area contributed by atoms with Crippen LogP contribution in [0.2, 0.25) is 0 Å². The molecule has 2 aliphatic rings. The van der Waals surface area contributed by atoms with E-state index in [9.17, 15) is 4.79 Å². The predicted molar refractivity (Wildman–Crippen MR) is 110 cm³/mol. The Kier molecular flexibility index (Phi) is 5.53. The van der Waals surface area contributed by atoms with Crippen LogP contribution in [0.5, 0.6) is 5.75 Å². The third-order valence-corrected chi connectivity index (χ3v) is 5.84. The molecule has 2 aromatic carbocycles. The first-order valence-electron chi connectivity index (χ1n) is 10.0. The number of fused-ring (bicyclic) bond motifs is 1. The largest absolute Gasteiger partial charge is 0.497 e. The summed E-state index contributed by atoms with van der Waals surface area (Å²) < 4.78 is 10.7. The molecule has 2 heterocycles. The van der Waals surface area contributed by atoms with Crippen LogP contribution in [-0.2, 0) is 16.0 Å². The standard InChI is InChI=1S/C23H28N2O3/c1-17-15-18-5-3-4-6-21(18)22(16-23(26)24-11-13-28-14-12-24)25(17)19-7-9-20(27-2)10-8-19/h3-10,17,22H,11-16H2,1-2H3/t17-,22-/m1/s1. The number of carbonyl (C=O) groups is 1. The fourth-order valence-corrected chi connectivity index (χ4v) is 4.42. The number of ether oxygens (including phenoxy) is 2. The molecule has 148 valence electrons. The van der Waals surface area contributed by atoms with Gasteiger partial charge >= 0.3 is 0 Å². The van der Waals surface area contributed by atoms with Crippen molar-refractivity contribution in [3.63, 3.8) is 0 Å². The number of hydrogen-bond donors (Lipinski definition) is 0. The molecule has 28 heavy (non-hydrogen) atoms. The van der Waals surface area contributed by atoms with Gasteiger partial charge in [0.05, 0.1) is 32.8 Å². The van der Waals surface area contributed by atoms with Crippen LogP contribution in [0.1, 0.15) is 30.5 Å². The van der Waals surface area contributed by atoms with Crippen molar-refractivity contribution in [2.24, 2.45) is 0 Å². The number of hydrogen-bond acceptors (Lipinski definition) is 4. The van der Waals surface area contributed by atoms with Crippen molar-refractivity contribution in [1.82, 2.24) is 4.90 Å². The second-order valence-electron chi connectivity index (χ2n) is 7.57. The Labute approximate surface area is 166 Å². The molecule has 1 saturated heterocycles. The lowest BCUT2D eigenvalue weighted by Gasteiger charge is -2.44. The van der Waals surface area contributed by atoms with Crippen molar-refractivity contribution < 1.29 is 14.3 Å². The Bertz CT molecular complexity index is 815. The Morgan fingerprint density at radius 3 is 2.54 bits per heavy atom. The summed E-state index contributed by atoms with van der Waals surface area (Å²) in [6, 6.07) is 17.0. The van der Waals surface area contributed by atoms with Crippen LogP contribution >= 0.6 is 0 Å². The molecular formula is C23H28N2O3. The molecule has 1 amide bonds. The number of benzene rings is 2. The van der Waals surface area contributed by atoms with Crippen LogP contribution in [0.25, 0.3) is 0 Å². The van der Waals surface area contributed by atoms with E-state index in [1.54, 1.807) is 7.11 Å². The highest BCUT2D eigenvalue weighted by molar-refractivity contribution is 5.78. The minimum Gasteiger partial charge on any atom is -0.497 e. The topological polar surface area (TPSA) is 42.0 Å². The highest BCUT2D eigenvalue weighted by atomic mass is 16.5. The van der Waals surface area contributed by atoms with Gasteiger partial charge in [0.1, 0.15) is 5.75 Å². The molecule has 0 aromatic heterocycles. The third kappa shape index (κ3) is 3.72. The number of morpholine rings is 1. The molecule has 0 unspecified atom stereocenters. The van der Waals surface area contributed by atoms with E-state index in [0.29, 0.717) is 38.8 Å². The number of anilines is 1. The van der Waals surface area contributed by atoms with E-state index < -0.39 is 0 Å². The predicted octanol–water partition coefficient (Wildman–Crippen LogP) is 3.44. The van der Waals surface area contributed by atoms with Gasteiger partial charge in [0.15, 0.2) is 0 Å². The molecule has 0 radical (unpaired) electrons. The van der Waals surface area contributed by atoms with Gasteiger partial charge in [-0.2, -0.15) is 0 Å². The summed E-state index contributed by atoms with van der Waals surface area (Å²) in [5.74, 6) is 1.05. The molecule has 0 bridgehead atoms. The smallest absolute Gasteiger partial charge is 0.225 e. The molecule has 2 atom stereocenters. The highest BCUT2D eigenvalue weighted by Crippen LogP contribution is 2.39. The lowest BCUT2D eigenvalue weighted by Crippen LogP contribution is -2.46. The molecule has 2 aromatic rings. The molecule has 0 spiro atoms. The van der Waals surface area contributed by atoms with E-state index >= 15 is 0 Å². The average molecular weight is 380 g/mol. The first kappa shape index (κ1) is 18.8. The number of rotatable bonds is 4. The molecular weight excluding hydrogens is 352 g/mol. The van der Waals surface area contributed by atoms with Gasteiger partial charge in [-0.1, -0.05) is 24.3 Å². The number of methoxy groups -OCH3 is 1. The van der Waals surface area contributed by atoms with E-state index in [2.05, 4.69) is 48.2 Å². The van der Waals surface area contributed by atoms with Gasteiger partial charge < -0.3 is 19.3 Å². The Morgan fingerprint density at radius 2 is 1.82 bits per heavy atom. The molecule has 0 saturated carbocycles. The minimum absolute atomic E-state index is 0.0312. The number of nitrogens with zero attached hydrogens (tertiary/aromatic N) is 2. The summed E-state index contributed by atoms with van der Waals surface area (Å²) >= 11 is 0. The monoisotopic (exact) mass is 380 g/mol. The SMILES string of the molecule is COc1ccc(N2[C@H](C)Cc3ccccc3[C@H]2CC(=O)N2CCOCC2)cc1. The Balaban J connectivity index is 1.66. The second-order valence-corrected chi connectivity index (χ2v) is 7.57. The van der Waals surface area contributed by atoms with E-state index in [0.717, 1.165) is 17.9 Å². The van der Waals surface area contributed by atoms with Crippen molar-refractivity contribution in [3.8, 4) is 5.75 Å². The maximum Gasteiger partial charge on any atom is 0.225 e. The van der Waals surface area contributed by atoms with Crippen LogP contribution < -0.4 is 9.64 Å². The van der Waals surface area contributed by atoms with Gasteiger partial charge in [0.25, 0.3) is 0 Å². The van der Waals surface area contributed by atoms with E-state index in [1.165, 1.54) is 11.1 Å². The van der Waals surface area contributed by atoms with E-state index in [4.69, 9.17) is 9.47 Å². The lowest BCUT2D eigenvalue weighted by molar-refractivity contribution is -0.135. The van der Waals surface area contributed by atoms with Crippen molar-refractivity contribution >= 4 is 11.6 Å². The quantitative estimate of drug-likeness (QED) is 0.815.